The Morgan fingerprint density at radius 3 is 2.70 bits per heavy atom. The van der Waals surface area contributed by atoms with E-state index in [0.29, 0.717) is 6.61 Å². The van der Waals surface area contributed by atoms with Gasteiger partial charge in [0.2, 0.25) is 5.91 Å². The quantitative estimate of drug-likeness (QED) is 0.837. The number of amides is 1. The topological polar surface area (TPSA) is 38.3 Å². The van der Waals surface area contributed by atoms with Gasteiger partial charge in [-0.1, -0.05) is 42.5 Å². The summed E-state index contributed by atoms with van der Waals surface area (Å²) in [6, 6.07) is 10.0. The third-order valence-electron chi connectivity index (χ3n) is 3.88. The van der Waals surface area contributed by atoms with E-state index >= 15 is 0 Å². The highest BCUT2D eigenvalue weighted by Crippen LogP contribution is 2.24. The van der Waals surface area contributed by atoms with Gasteiger partial charge in [-0.25, -0.2) is 0 Å². The van der Waals surface area contributed by atoms with Gasteiger partial charge in [0.05, 0.1) is 12.1 Å². The van der Waals surface area contributed by atoms with Crippen molar-refractivity contribution in [2.24, 2.45) is 5.92 Å². The maximum Gasteiger partial charge on any atom is 0.224 e. The second-order valence-corrected chi connectivity index (χ2v) is 5.60. The average Bonchev–Trinajstić information content (AvgIpc) is 2.49. The van der Waals surface area contributed by atoms with Crippen molar-refractivity contribution in [3.05, 3.63) is 48.0 Å². The highest BCUT2D eigenvalue weighted by Gasteiger charge is 2.31. The molecule has 0 bridgehead atoms. The lowest BCUT2D eigenvalue weighted by Crippen LogP contribution is -2.49. The van der Waals surface area contributed by atoms with Crippen LogP contribution in [0.1, 0.15) is 31.7 Å². The van der Waals surface area contributed by atoms with Gasteiger partial charge in [-0.15, -0.1) is 0 Å². The van der Waals surface area contributed by atoms with Crippen LogP contribution in [0, 0.1) is 5.92 Å². The molecule has 108 valence electrons. The molecule has 0 spiro atoms. The molecule has 0 radical (unpaired) electrons. The second kappa shape index (κ2) is 6.71. The van der Waals surface area contributed by atoms with Crippen LogP contribution in [-0.2, 0) is 15.1 Å². The first-order chi connectivity index (χ1) is 9.65. The Kier molecular flexibility index (Phi) is 4.96. The number of carbonyl (C=O) groups excluding carboxylic acids is 1. The number of hydrogen-bond acceptors (Lipinski definition) is 2. The van der Waals surface area contributed by atoms with Gasteiger partial charge in [0, 0.05) is 13.0 Å². The molecule has 3 nitrogen and oxygen atoms in total. The number of ether oxygens (including phenoxy) is 1. The van der Waals surface area contributed by atoms with E-state index in [1.54, 1.807) is 7.11 Å². The van der Waals surface area contributed by atoms with E-state index in [9.17, 15) is 4.79 Å². The highest BCUT2D eigenvalue weighted by atomic mass is 16.5. The van der Waals surface area contributed by atoms with Crippen LogP contribution >= 0.6 is 0 Å². The fourth-order valence-corrected chi connectivity index (χ4v) is 2.69. The fourth-order valence-electron chi connectivity index (χ4n) is 2.69. The smallest absolute Gasteiger partial charge is 0.224 e. The molecule has 0 saturated carbocycles. The second-order valence-electron chi connectivity index (χ2n) is 5.60. The van der Waals surface area contributed by atoms with Gasteiger partial charge in [0.15, 0.2) is 0 Å². The van der Waals surface area contributed by atoms with E-state index < -0.39 is 5.54 Å². The summed E-state index contributed by atoms with van der Waals surface area (Å²) in [6.45, 7) is 2.48. The summed E-state index contributed by atoms with van der Waals surface area (Å²) in [7, 11) is 1.66. The minimum atomic E-state index is -0.478. The largest absolute Gasteiger partial charge is 0.382 e. The fraction of sp³-hybridized carbons (Fsp3) is 0.471. The van der Waals surface area contributed by atoms with E-state index in [0.717, 1.165) is 24.8 Å². The number of nitrogens with one attached hydrogen (secondary N) is 1. The molecule has 1 amide bonds. The molecule has 20 heavy (non-hydrogen) atoms. The van der Waals surface area contributed by atoms with Crippen molar-refractivity contribution in [3.8, 4) is 0 Å². The number of allylic oxidation sites excluding steroid dienone is 2. The van der Waals surface area contributed by atoms with Gasteiger partial charge in [-0.2, -0.15) is 0 Å². The van der Waals surface area contributed by atoms with E-state index in [4.69, 9.17) is 4.74 Å². The molecule has 0 aromatic heterocycles. The molecule has 0 aliphatic heterocycles. The first-order valence-electron chi connectivity index (χ1n) is 7.17. The van der Waals surface area contributed by atoms with Crippen LogP contribution in [0.4, 0.5) is 0 Å². The summed E-state index contributed by atoms with van der Waals surface area (Å²) in [6.07, 6.45) is 7.01. The summed E-state index contributed by atoms with van der Waals surface area (Å²) in [5.41, 5.74) is 0.593. The molecular formula is C17H23NO2. The SMILES string of the molecule is COC[C@@](C)(NC(=O)[C@H]1CC=CCC1)c1ccccc1. The maximum absolute atomic E-state index is 12.5. The van der Waals surface area contributed by atoms with Crippen molar-refractivity contribution >= 4 is 5.91 Å². The molecule has 1 aliphatic rings. The van der Waals surface area contributed by atoms with Crippen molar-refractivity contribution in [1.82, 2.24) is 5.32 Å². The lowest BCUT2D eigenvalue weighted by Gasteiger charge is -2.32. The molecule has 1 aliphatic carbocycles. The molecule has 1 aromatic rings. The van der Waals surface area contributed by atoms with Gasteiger partial charge >= 0.3 is 0 Å². The summed E-state index contributed by atoms with van der Waals surface area (Å²) >= 11 is 0. The van der Waals surface area contributed by atoms with E-state index in [2.05, 4.69) is 17.5 Å². The summed E-state index contributed by atoms with van der Waals surface area (Å²) in [5.74, 6) is 0.206. The molecule has 0 heterocycles. The number of methoxy groups -OCH3 is 1. The Balaban J connectivity index is 2.12. The molecule has 2 atom stereocenters. The molecule has 0 fully saturated rings. The van der Waals surface area contributed by atoms with Crippen molar-refractivity contribution < 1.29 is 9.53 Å². The van der Waals surface area contributed by atoms with E-state index in [1.165, 1.54) is 0 Å². The predicted octanol–water partition coefficient (Wildman–Crippen LogP) is 3.02. The van der Waals surface area contributed by atoms with Crippen LogP contribution in [0.25, 0.3) is 0 Å². The molecule has 1 aromatic carbocycles. The third kappa shape index (κ3) is 3.48. The van der Waals surface area contributed by atoms with Crippen LogP contribution in [0.2, 0.25) is 0 Å². The van der Waals surface area contributed by atoms with Gasteiger partial charge in [-0.3, -0.25) is 4.79 Å². The van der Waals surface area contributed by atoms with Crippen LogP contribution < -0.4 is 5.32 Å². The number of hydrogen-bond donors (Lipinski definition) is 1. The van der Waals surface area contributed by atoms with Crippen molar-refractivity contribution in [2.75, 3.05) is 13.7 Å². The van der Waals surface area contributed by atoms with Crippen LogP contribution in [0.15, 0.2) is 42.5 Å². The van der Waals surface area contributed by atoms with E-state index in [1.807, 2.05) is 37.3 Å². The first kappa shape index (κ1) is 14.8. The molecule has 0 saturated heterocycles. The summed E-state index contributed by atoms with van der Waals surface area (Å²) < 4.78 is 5.32. The summed E-state index contributed by atoms with van der Waals surface area (Å²) in [5, 5.41) is 3.18. The molecule has 3 heteroatoms. The Bertz CT molecular complexity index is 469. The normalized spacial score (nSPS) is 21.2. The van der Waals surface area contributed by atoms with Gasteiger partial charge in [0.25, 0.3) is 0 Å². The van der Waals surface area contributed by atoms with Gasteiger partial charge in [-0.05, 0) is 31.7 Å². The standard InChI is InChI=1S/C17H23NO2/c1-17(13-20-2,15-11-7-4-8-12-15)18-16(19)14-9-5-3-6-10-14/h3-5,7-8,11-12,14H,6,9-10,13H2,1-2H3,(H,18,19)/t14-,17+/m0/s1. The lowest BCUT2D eigenvalue weighted by molar-refractivity contribution is -0.127. The number of rotatable bonds is 5. The first-order valence-corrected chi connectivity index (χ1v) is 7.17. The minimum Gasteiger partial charge on any atom is -0.382 e. The predicted molar refractivity (Wildman–Crippen MR) is 80.3 cm³/mol. The zero-order valence-electron chi connectivity index (χ0n) is 12.3. The minimum absolute atomic E-state index is 0.0832. The molecule has 1 N–H and O–H groups in total. The average molecular weight is 273 g/mol. The van der Waals surface area contributed by atoms with Crippen LogP contribution in [0.5, 0.6) is 0 Å². The maximum atomic E-state index is 12.5. The van der Waals surface area contributed by atoms with Crippen molar-refractivity contribution in [2.45, 2.75) is 31.7 Å². The van der Waals surface area contributed by atoms with Gasteiger partial charge < -0.3 is 10.1 Å². The van der Waals surface area contributed by atoms with Crippen molar-refractivity contribution in [1.29, 1.82) is 0 Å². The molecule has 0 unspecified atom stereocenters. The molecular weight excluding hydrogens is 250 g/mol. The Morgan fingerprint density at radius 1 is 1.35 bits per heavy atom. The van der Waals surface area contributed by atoms with Crippen LogP contribution in [-0.4, -0.2) is 19.6 Å². The zero-order chi connectivity index (χ0) is 14.4. The van der Waals surface area contributed by atoms with Gasteiger partial charge in [0.1, 0.15) is 0 Å². The monoisotopic (exact) mass is 273 g/mol. The number of carbonyl (C=O) groups is 1. The van der Waals surface area contributed by atoms with E-state index in [-0.39, 0.29) is 11.8 Å². The summed E-state index contributed by atoms with van der Waals surface area (Å²) in [4.78, 5) is 12.5. The molecule has 2 rings (SSSR count). The number of benzene rings is 1. The highest BCUT2D eigenvalue weighted by molar-refractivity contribution is 5.80. The van der Waals surface area contributed by atoms with Crippen LogP contribution in [0.3, 0.4) is 0 Å². The Hall–Kier alpha value is -1.61. The third-order valence-corrected chi connectivity index (χ3v) is 3.88. The van der Waals surface area contributed by atoms with Crippen molar-refractivity contribution in [3.63, 3.8) is 0 Å². The Morgan fingerprint density at radius 2 is 2.10 bits per heavy atom. The Labute approximate surface area is 121 Å². The zero-order valence-corrected chi connectivity index (χ0v) is 12.3. The lowest BCUT2D eigenvalue weighted by atomic mass is 9.89.